The van der Waals surface area contributed by atoms with Gasteiger partial charge in [0.2, 0.25) is 5.91 Å². The first-order chi connectivity index (χ1) is 9.13. The molecule has 0 aliphatic rings. The second-order valence-electron chi connectivity index (χ2n) is 4.38. The molecule has 5 heteroatoms. The molecule has 1 amide bonds. The Morgan fingerprint density at radius 2 is 1.79 bits per heavy atom. The normalized spacial score (nSPS) is 10.5. The van der Waals surface area contributed by atoms with Crippen LogP contribution in [0.4, 0.5) is 0 Å². The minimum absolute atomic E-state index is 0.00994. The Morgan fingerprint density at radius 3 is 2.47 bits per heavy atom. The van der Waals surface area contributed by atoms with Crippen molar-refractivity contribution >= 4 is 40.7 Å². The number of benzene rings is 1. The van der Waals surface area contributed by atoms with E-state index < -0.39 is 0 Å². The third-order valence-corrected chi connectivity index (χ3v) is 3.74. The lowest BCUT2D eigenvalue weighted by molar-refractivity contribution is -0.120. The average molecular weight is 323 g/mol. The summed E-state index contributed by atoms with van der Waals surface area (Å²) in [4.78, 5) is 11.7. The number of alkyl halides is 1. The molecule has 0 aliphatic carbocycles. The largest absolute Gasteiger partial charge is 0.356 e. The predicted molar refractivity (Wildman–Crippen MR) is 82.4 cm³/mol. The van der Waals surface area contributed by atoms with Gasteiger partial charge in [0, 0.05) is 12.4 Å². The van der Waals surface area contributed by atoms with Crippen molar-refractivity contribution in [2.75, 3.05) is 12.4 Å². The zero-order valence-corrected chi connectivity index (χ0v) is 13.0. The molecule has 2 nitrogen and oxygen atoms in total. The summed E-state index contributed by atoms with van der Waals surface area (Å²) in [5, 5.41) is 3.88. The maximum atomic E-state index is 11.7. The highest BCUT2D eigenvalue weighted by atomic mass is 35.5. The molecule has 1 rings (SSSR count). The van der Waals surface area contributed by atoms with Gasteiger partial charge < -0.3 is 5.32 Å². The van der Waals surface area contributed by atoms with Crippen LogP contribution in [0.2, 0.25) is 10.0 Å². The zero-order valence-electron chi connectivity index (χ0n) is 10.7. The van der Waals surface area contributed by atoms with Crippen molar-refractivity contribution in [1.29, 1.82) is 0 Å². The Bertz CT molecular complexity index is 410. The van der Waals surface area contributed by atoms with E-state index in [2.05, 4.69) is 5.32 Å². The highest BCUT2D eigenvalue weighted by molar-refractivity contribution is 6.42. The van der Waals surface area contributed by atoms with Crippen LogP contribution in [0, 0.1) is 0 Å². The lowest BCUT2D eigenvalue weighted by atomic mass is 10.1. The molecule has 0 atom stereocenters. The number of nitrogens with one attached hydrogen (secondary N) is 1. The molecule has 1 aromatic carbocycles. The van der Waals surface area contributed by atoms with Gasteiger partial charge in [0.05, 0.1) is 16.5 Å². The predicted octanol–water partition coefficient (Wildman–Crippen LogP) is 4.45. The van der Waals surface area contributed by atoms with Crippen molar-refractivity contribution < 1.29 is 4.79 Å². The van der Waals surface area contributed by atoms with Crippen molar-refractivity contribution in [3.63, 3.8) is 0 Å². The second kappa shape index (κ2) is 9.46. The van der Waals surface area contributed by atoms with E-state index in [0.29, 0.717) is 28.9 Å². The third kappa shape index (κ3) is 7.05. The summed E-state index contributed by atoms with van der Waals surface area (Å²) in [5.74, 6) is 0.722. The van der Waals surface area contributed by atoms with Crippen molar-refractivity contribution in [1.82, 2.24) is 5.32 Å². The minimum Gasteiger partial charge on any atom is -0.356 e. The number of unbranched alkanes of at least 4 members (excludes halogenated alkanes) is 3. The molecule has 0 unspecified atom stereocenters. The molecule has 0 aliphatic heterocycles. The smallest absolute Gasteiger partial charge is 0.224 e. The monoisotopic (exact) mass is 321 g/mol. The summed E-state index contributed by atoms with van der Waals surface area (Å²) in [7, 11) is 0. The van der Waals surface area contributed by atoms with E-state index in [0.717, 1.165) is 31.2 Å². The number of hydrogen-bond acceptors (Lipinski definition) is 1. The zero-order chi connectivity index (χ0) is 14.1. The molecular weight excluding hydrogens is 305 g/mol. The summed E-state index contributed by atoms with van der Waals surface area (Å²) >= 11 is 17.3. The van der Waals surface area contributed by atoms with E-state index in [9.17, 15) is 4.79 Å². The molecule has 0 heterocycles. The summed E-state index contributed by atoms with van der Waals surface area (Å²) < 4.78 is 0. The molecule has 19 heavy (non-hydrogen) atoms. The van der Waals surface area contributed by atoms with Gasteiger partial charge in [0.15, 0.2) is 0 Å². The van der Waals surface area contributed by atoms with Crippen LogP contribution in [0.25, 0.3) is 0 Å². The lowest BCUT2D eigenvalue weighted by Crippen LogP contribution is -2.26. The van der Waals surface area contributed by atoms with Gasteiger partial charge in [0.1, 0.15) is 0 Å². The quantitative estimate of drug-likeness (QED) is 0.556. The van der Waals surface area contributed by atoms with Gasteiger partial charge in [-0.1, -0.05) is 42.1 Å². The Morgan fingerprint density at radius 1 is 1.05 bits per heavy atom. The third-order valence-electron chi connectivity index (χ3n) is 2.73. The van der Waals surface area contributed by atoms with Gasteiger partial charge in [-0.05, 0) is 30.5 Å². The van der Waals surface area contributed by atoms with Gasteiger partial charge >= 0.3 is 0 Å². The minimum atomic E-state index is 0.00994. The van der Waals surface area contributed by atoms with Gasteiger partial charge in [-0.25, -0.2) is 0 Å². The van der Waals surface area contributed by atoms with Gasteiger partial charge in [-0.2, -0.15) is 0 Å². The number of rotatable bonds is 8. The van der Waals surface area contributed by atoms with Crippen molar-refractivity contribution in [3.8, 4) is 0 Å². The van der Waals surface area contributed by atoms with Crippen LogP contribution in [0.3, 0.4) is 0 Å². The molecule has 1 aromatic rings. The summed E-state index contributed by atoms with van der Waals surface area (Å²) in [6, 6.07) is 5.25. The highest BCUT2D eigenvalue weighted by Gasteiger charge is 2.05. The second-order valence-corrected chi connectivity index (χ2v) is 5.57. The molecule has 0 aromatic heterocycles. The van der Waals surface area contributed by atoms with E-state index >= 15 is 0 Å². The SMILES string of the molecule is O=C(Cc1ccc(Cl)c(Cl)c1)NCCCCCCCl. The Balaban J connectivity index is 2.21. The van der Waals surface area contributed by atoms with Crippen molar-refractivity contribution in [2.24, 2.45) is 0 Å². The maximum Gasteiger partial charge on any atom is 0.224 e. The van der Waals surface area contributed by atoms with Crippen LogP contribution in [-0.2, 0) is 11.2 Å². The molecular formula is C14H18Cl3NO. The summed E-state index contributed by atoms with van der Waals surface area (Å²) in [5.41, 5.74) is 0.869. The highest BCUT2D eigenvalue weighted by Crippen LogP contribution is 2.22. The molecule has 0 spiro atoms. The van der Waals surface area contributed by atoms with Crippen LogP contribution in [0.5, 0.6) is 0 Å². The fraction of sp³-hybridized carbons (Fsp3) is 0.500. The molecule has 0 radical (unpaired) electrons. The fourth-order valence-electron chi connectivity index (χ4n) is 1.70. The number of hydrogen-bond donors (Lipinski definition) is 1. The fourth-order valence-corrected chi connectivity index (χ4v) is 2.21. The first-order valence-electron chi connectivity index (χ1n) is 6.40. The first kappa shape index (κ1) is 16.6. The van der Waals surface area contributed by atoms with E-state index in [-0.39, 0.29) is 5.91 Å². The van der Waals surface area contributed by atoms with E-state index in [1.165, 1.54) is 0 Å². The van der Waals surface area contributed by atoms with Crippen LogP contribution in [-0.4, -0.2) is 18.3 Å². The summed E-state index contributed by atoms with van der Waals surface area (Å²) in [6.07, 6.45) is 4.58. The Hall–Kier alpha value is -0.440. The number of halogens is 3. The molecule has 0 fully saturated rings. The first-order valence-corrected chi connectivity index (χ1v) is 7.69. The van der Waals surface area contributed by atoms with E-state index in [1.54, 1.807) is 12.1 Å². The van der Waals surface area contributed by atoms with Gasteiger partial charge in [-0.15, -0.1) is 11.6 Å². The van der Waals surface area contributed by atoms with Crippen LogP contribution < -0.4 is 5.32 Å². The number of carbonyl (C=O) groups excluding carboxylic acids is 1. The Kier molecular flexibility index (Phi) is 8.27. The van der Waals surface area contributed by atoms with Gasteiger partial charge in [-0.3, -0.25) is 4.79 Å². The molecule has 1 N–H and O–H groups in total. The number of amides is 1. The molecule has 106 valence electrons. The molecule has 0 saturated carbocycles. The van der Waals surface area contributed by atoms with Crippen LogP contribution in [0.15, 0.2) is 18.2 Å². The number of carbonyl (C=O) groups is 1. The van der Waals surface area contributed by atoms with Crippen molar-refractivity contribution in [2.45, 2.75) is 32.1 Å². The molecule has 0 bridgehead atoms. The maximum absolute atomic E-state index is 11.7. The lowest BCUT2D eigenvalue weighted by Gasteiger charge is -2.06. The standard InChI is InChI=1S/C14H18Cl3NO/c15-7-3-1-2-4-8-18-14(19)10-11-5-6-12(16)13(17)9-11/h5-6,9H,1-4,7-8,10H2,(H,18,19). The van der Waals surface area contributed by atoms with Crippen molar-refractivity contribution in [3.05, 3.63) is 33.8 Å². The molecule has 0 saturated heterocycles. The topological polar surface area (TPSA) is 29.1 Å². The van der Waals surface area contributed by atoms with Gasteiger partial charge in [0.25, 0.3) is 0 Å². The van der Waals surface area contributed by atoms with Crippen LogP contribution in [0.1, 0.15) is 31.2 Å². The van der Waals surface area contributed by atoms with E-state index in [4.69, 9.17) is 34.8 Å². The average Bonchev–Trinajstić information content (AvgIpc) is 2.38. The Labute approximate surface area is 129 Å². The van der Waals surface area contributed by atoms with Crippen LogP contribution >= 0.6 is 34.8 Å². The summed E-state index contributed by atoms with van der Waals surface area (Å²) in [6.45, 7) is 0.711. The van der Waals surface area contributed by atoms with E-state index in [1.807, 2.05) is 6.07 Å².